The number of pyridine rings is 1. The maximum atomic E-state index is 13.7. The van der Waals surface area contributed by atoms with Gasteiger partial charge in [0.25, 0.3) is 5.91 Å². The first kappa shape index (κ1) is 28.9. The number of nitrogens with one attached hydrogen (secondary N) is 1. The van der Waals surface area contributed by atoms with Crippen molar-refractivity contribution in [3.05, 3.63) is 82.3 Å². The third-order valence-corrected chi connectivity index (χ3v) is 10.2. The van der Waals surface area contributed by atoms with Gasteiger partial charge in [0.1, 0.15) is 11.7 Å². The van der Waals surface area contributed by atoms with Crippen molar-refractivity contribution in [3.63, 3.8) is 0 Å². The average Bonchev–Trinajstić information content (AvgIpc) is 3.62. The van der Waals surface area contributed by atoms with Gasteiger partial charge in [-0.3, -0.25) is 9.80 Å². The highest BCUT2D eigenvalue weighted by Gasteiger charge is 2.55. The van der Waals surface area contributed by atoms with Crippen molar-refractivity contribution >= 4 is 35.1 Å². The van der Waals surface area contributed by atoms with Crippen LogP contribution in [-0.4, -0.2) is 88.0 Å². The SMILES string of the molecule is CCN(CC1CCN(c2cccc(C(=O)O)n2)C1)C(=O)C1N=C2C(C)=CC(N3CC4(CCC4c4cccc(Cl)c4)C3)=CN2N1. The summed E-state index contributed by atoms with van der Waals surface area (Å²) < 4.78 is 0. The lowest BCUT2D eigenvalue weighted by Gasteiger charge is -2.62. The van der Waals surface area contributed by atoms with Crippen LogP contribution in [0.15, 0.2) is 71.0 Å². The first-order chi connectivity index (χ1) is 21.2. The number of amides is 1. The molecule has 3 unspecified atom stereocenters. The number of carbonyl (C=O) groups excluding carboxylic acids is 1. The van der Waals surface area contributed by atoms with Gasteiger partial charge in [-0.05, 0) is 86.4 Å². The van der Waals surface area contributed by atoms with E-state index < -0.39 is 12.1 Å². The van der Waals surface area contributed by atoms with E-state index in [9.17, 15) is 14.7 Å². The Bertz CT molecular complexity index is 1580. The second kappa shape index (κ2) is 11.2. The Labute approximate surface area is 262 Å². The van der Waals surface area contributed by atoms with Crippen molar-refractivity contribution < 1.29 is 14.7 Å². The number of hydrogen-bond donors (Lipinski definition) is 2. The van der Waals surface area contributed by atoms with Gasteiger partial charge in [0.2, 0.25) is 0 Å². The lowest BCUT2D eigenvalue weighted by molar-refractivity contribution is -0.134. The predicted molar refractivity (Wildman–Crippen MR) is 169 cm³/mol. The number of aliphatic imine (C=N–C) groups is 1. The van der Waals surface area contributed by atoms with E-state index in [2.05, 4.69) is 57.6 Å². The summed E-state index contributed by atoms with van der Waals surface area (Å²) in [5, 5.41) is 12.0. The number of aromatic nitrogens is 1. The Kier molecular flexibility index (Phi) is 7.37. The molecule has 7 rings (SSSR count). The summed E-state index contributed by atoms with van der Waals surface area (Å²) in [6.45, 7) is 8.79. The van der Waals surface area contributed by atoms with E-state index in [0.29, 0.717) is 30.2 Å². The van der Waals surface area contributed by atoms with E-state index in [4.69, 9.17) is 16.6 Å². The summed E-state index contributed by atoms with van der Waals surface area (Å²) >= 11 is 6.29. The molecule has 5 aliphatic rings. The van der Waals surface area contributed by atoms with Gasteiger partial charge in [-0.15, -0.1) is 0 Å². The zero-order chi connectivity index (χ0) is 30.6. The molecule has 1 aromatic heterocycles. The van der Waals surface area contributed by atoms with Crippen molar-refractivity contribution in [2.75, 3.05) is 44.2 Å². The summed E-state index contributed by atoms with van der Waals surface area (Å²) in [5.74, 6) is 1.19. The number of hydrazine groups is 1. The third kappa shape index (κ3) is 5.13. The molecule has 3 fully saturated rings. The van der Waals surface area contributed by atoms with Crippen molar-refractivity contribution in [2.24, 2.45) is 16.3 Å². The number of halogens is 1. The molecular weight excluding hydrogens is 578 g/mol. The number of likely N-dealkylation sites (N-methyl/N-ethyl adjacent to an activating group) is 1. The van der Waals surface area contributed by atoms with Crippen LogP contribution in [0.25, 0.3) is 0 Å². The molecule has 11 heteroatoms. The Hall–Kier alpha value is -3.89. The van der Waals surface area contributed by atoms with Crippen LogP contribution in [-0.2, 0) is 4.79 Å². The fourth-order valence-electron chi connectivity index (χ4n) is 7.52. The second-order valence-electron chi connectivity index (χ2n) is 12.8. The number of carbonyl (C=O) groups is 2. The summed E-state index contributed by atoms with van der Waals surface area (Å²) in [5.41, 5.74) is 7.22. The third-order valence-electron chi connectivity index (χ3n) is 9.99. The van der Waals surface area contributed by atoms with Crippen LogP contribution in [0.1, 0.15) is 55.1 Å². The van der Waals surface area contributed by atoms with E-state index >= 15 is 0 Å². The van der Waals surface area contributed by atoms with Gasteiger partial charge in [-0.2, -0.15) is 5.43 Å². The van der Waals surface area contributed by atoms with E-state index in [-0.39, 0.29) is 17.5 Å². The summed E-state index contributed by atoms with van der Waals surface area (Å²) in [6, 6.07) is 13.4. The summed E-state index contributed by atoms with van der Waals surface area (Å²) in [4.78, 5) is 40.5. The molecular formula is C33H38ClN7O3. The number of benzene rings is 1. The Balaban J connectivity index is 0.963. The molecule has 0 radical (unpaired) electrons. The van der Waals surface area contributed by atoms with Crippen LogP contribution >= 0.6 is 11.6 Å². The van der Waals surface area contributed by atoms with Gasteiger partial charge in [0.05, 0.1) is 5.70 Å². The first-order valence-electron chi connectivity index (χ1n) is 15.5. The number of carboxylic acids is 1. The number of rotatable bonds is 8. The number of allylic oxidation sites excluding steroid dienone is 1. The zero-order valence-corrected chi connectivity index (χ0v) is 25.9. The molecule has 0 bridgehead atoms. The molecule has 1 amide bonds. The standard InChI is InChI=1S/C33H38ClN7O3/c1-3-38(16-22-11-13-39(17-22)28-9-5-8-27(35-28)32(43)44)31(42)29-36-30-21(2)14-25(18-41(30)37-29)40-19-33(20-40)12-10-26(33)23-6-4-7-24(34)15-23/h4-9,14-15,18,22,26,29,37H,3,10-13,16-17,19-20H2,1-2H3,(H,43,44). The highest BCUT2D eigenvalue weighted by atomic mass is 35.5. The lowest BCUT2D eigenvalue weighted by Crippen LogP contribution is -2.62. The molecule has 2 aromatic rings. The summed E-state index contributed by atoms with van der Waals surface area (Å²) in [7, 11) is 0. The Morgan fingerprint density at radius 1 is 1.16 bits per heavy atom. The van der Waals surface area contributed by atoms with Crippen LogP contribution in [0, 0.1) is 11.3 Å². The minimum atomic E-state index is -1.03. The van der Waals surface area contributed by atoms with Gasteiger partial charge in [0, 0.05) is 55.9 Å². The van der Waals surface area contributed by atoms with Gasteiger partial charge < -0.3 is 19.8 Å². The van der Waals surface area contributed by atoms with Gasteiger partial charge in [-0.1, -0.05) is 29.8 Å². The number of anilines is 1. The fraction of sp³-hybridized carbons (Fsp3) is 0.455. The summed E-state index contributed by atoms with van der Waals surface area (Å²) in [6.07, 6.45) is 6.93. The quantitative estimate of drug-likeness (QED) is 0.452. The molecule has 1 spiro atoms. The maximum Gasteiger partial charge on any atom is 0.354 e. The molecule has 1 aromatic carbocycles. The van der Waals surface area contributed by atoms with E-state index in [1.165, 1.54) is 24.5 Å². The highest BCUT2D eigenvalue weighted by Crippen LogP contribution is 2.59. The van der Waals surface area contributed by atoms with Crippen molar-refractivity contribution in [3.8, 4) is 0 Å². The monoisotopic (exact) mass is 615 g/mol. The minimum absolute atomic E-state index is 0.0386. The van der Waals surface area contributed by atoms with Crippen molar-refractivity contribution in [1.29, 1.82) is 0 Å². The molecule has 4 aliphatic heterocycles. The van der Waals surface area contributed by atoms with E-state index in [1.807, 2.05) is 29.0 Å². The van der Waals surface area contributed by atoms with Crippen molar-refractivity contribution in [2.45, 2.75) is 45.2 Å². The molecule has 1 saturated carbocycles. The largest absolute Gasteiger partial charge is 0.477 e. The molecule has 230 valence electrons. The lowest BCUT2D eigenvalue weighted by atomic mass is 9.53. The molecule has 2 N–H and O–H groups in total. The van der Waals surface area contributed by atoms with E-state index in [0.717, 1.165) is 54.7 Å². The highest BCUT2D eigenvalue weighted by molar-refractivity contribution is 6.30. The number of hydrogen-bond acceptors (Lipinski definition) is 8. The predicted octanol–water partition coefficient (Wildman–Crippen LogP) is 4.33. The van der Waals surface area contributed by atoms with Gasteiger partial charge in [-0.25, -0.2) is 14.8 Å². The van der Waals surface area contributed by atoms with Gasteiger partial charge in [0.15, 0.2) is 11.9 Å². The van der Waals surface area contributed by atoms with Crippen LogP contribution in [0.4, 0.5) is 5.82 Å². The number of fused-ring (bicyclic) bond motifs is 1. The normalized spacial score (nSPS) is 25.1. The van der Waals surface area contributed by atoms with Crippen LogP contribution in [0.2, 0.25) is 5.02 Å². The molecule has 44 heavy (non-hydrogen) atoms. The first-order valence-corrected chi connectivity index (χ1v) is 15.9. The topological polar surface area (TPSA) is 105 Å². The van der Waals surface area contributed by atoms with Crippen LogP contribution < -0.4 is 10.3 Å². The van der Waals surface area contributed by atoms with Gasteiger partial charge >= 0.3 is 5.97 Å². The number of carboxylic acid groups (broad SMARTS) is 1. The minimum Gasteiger partial charge on any atom is -0.477 e. The smallest absolute Gasteiger partial charge is 0.354 e. The zero-order valence-electron chi connectivity index (χ0n) is 25.1. The Morgan fingerprint density at radius 2 is 1.98 bits per heavy atom. The second-order valence-corrected chi connectivity index (χ2v) is 13.2. The molecule has 2 saturated heterocycles. The van der Waals surface area contributed by atoms with E-state index in [1.54, 1.807) is 6.07 Å². The number of amidine groups is 1. The molecule has 3 atom stereocenters. The van der Waals surface area contributed by atoms with Crippen LogP contribution in [0.3, 0.4) is 0 Å². The number of aromatic carboxylic acids is 1. The molecule has 1 aliphatic carbocycles. The number of likely N-dealkylation sites (tertiary alicyclic amines) is 1. The maximum absolute atomic E-state index is 13.7. The van der Waals surface area contributed by atoms with Crippen molar-refractivity contribution in [1.82, 2.24) is 25.2 Å². The molecule has 5 heterocycles. The fourth-order valence-corrected chi connectivity index (χ4v) is 7.72. The number of nitrogens with zero attached hydrogens (tertiary/aromatic N) is 6. The molecule has 10 nitrogen and oxygen atoms in total. The Morgan fingerprint density at radius 3 is 2.70 bits per heavy atom. The average molecular weight is 616 g/mol. The van der Waals surface area contributed by atoms with Crippen LogP contribution in [0.5, 0.6) is 0 Å².